The second-order valence-electron chi connectivity index (χ2n) is 25.9. The van der Waals surface area contributed by atoms with E-state index in [4.69, 9.17) is 14.2 Å². The first-order valence-electron chi connectivity index (χ1n) is 37.5. The van der Waals surface area contributed by atoms with E-state index in [1.807, 2.05) is 0 Å². The van der Waals surface area contributed by atoms with Crippen molar-refractivity contribution in [2.24, 2.45) is 0 Å². The first-order valence-corrected chi connectivity index (χ1v) is 37.5. The molecule has 0 rings (SSSR count). The fourth-order valence-electron chi connectivity index (χ4n) is 12.0. The topological polar surface area (TPSA) is 78.9 Å². The SMILES string of the molecule is CCCCCCCCCCCCCCCCCCCCCCCCCC(=O)OCC(COC(=O)CCCCCCCCCCCCCCCCCCC)OC(=O)CCCCCCCCCCCCCCCCCCCCCCCCC. The molecule has 0 bridgehead atoms. The molecular weight excluding hydrogens is 997 g/mol. The summed E-state index contributed by atoms with van der Waals surface area (Å²) in [5, 5.41) is 0. The summed E-state index contributed by atoms with van der Waals surface area (Å²) in [6.07, 6.45) is 84.3. The molecule has 0 saturated carbocycles. The molecule has 0 spiro atoms. The number of carbonyl (C=O) groups excluding carboxylic acids is 3. The number of esters is 3. The summed E-state index contributed by atoms with van der Waals surface area (Å²) in [6, 6.07) is 0. The number of hydrogen-bond donors (Lipinski definition) is 0. The molecule has 1 atom stereocenters. The molecule has 0 radical (unpaired) electrons. The van der Waals surface area contributed by atoms with Crippen molar-refractivity contribution in [1.29, 1.82) is 0 Å². The van der Waals surface area contributed by atoms with Gasteiger partial charge in [-0.2, -0.15) is 0 Å². The average molecular weight is 1140 g/mol. The highest BCUT2D eigenvalue weighted by molar-refractivity contribution is 5.71. The Balaban J connectivity index is 4.24. The van der Waals surface area contributed by atoms with Crippen LogP contribution in [-0.4, -0.2) is 37.2 Å². The minimum atomic E-state index is -0.764. The van der Waals surface area contributed by atoms with Gasteiger partial charge in [0, 0.05) is 19.3 Å². The number of carbonyl (C=O) groups is 3. The van der Waals surface area contributed by atoms with E-state index in [-0.39, 0.29) is 31.1 Å². The third-order valence-electron chi connectivity index (χ3n) is 17.6. The Labute approximate surface area is 508 Å². The predicted molar refractivity (Wildman–Crippen MR) is 354 cm³/mol. The normalized spacial score (nSPS) is 11.9. The lowest BCUT2D eigenvalue weighted by molar-refractivity contribution is -0.167. The molecule has 6 nitrogen and oxygen atoms in total. The van der Waals surface area contributed by atoms with Gasteiger partial charge in [0.2, 0.25) is 0 Å². The van der Waals surface area contributed by atoms with Gasteiger partial charge in [0.05, 0.1) is 0 Å². The van der Waals surface area contributed by atoms with Crippen LogP contribution in [0, 0.1) is 0 Å². The smallest absolute Gasteiger partial charge is 0.306 e. The molecular formula is C75H146O6. The molecule has 0 aliphatic rings. The summed E-state index contributed by atoms with van der Waals surface area (Å²) in [7, 11) is 0. The monoisotopic (exact) mass is 1140 g/mol. The Kier molecular flexibility index (Phi) is 69.5. The minimum Gasteiger partial charge on any atom is -0.462 e. The molecule has 0 aromatic carbocycles. The summed E-state index contributed by atoms with van der Waals surface area (Å²) in [4.78, 5) is 38.5. The van der Waals surface area contributed by atoms with Gasteiger partial charge in [-0.25, -0.2) is 0 Å². The fraction of sp³-hybridized carbons (Fsp3) is 0.960. The number of rotatable bonds is 71. The zero-order chi connectivity index (χ0) is 58.5. The Hall–Kier alpha value is -1.59. The standard InChI is InChI=1S/C75H146O6/c1-4-7-10-13-16-19-22-25-28-31-33-35-37-39-41-44-47-50-53-56-59-62-65-68-74(77)80-71-72(70-79-73(76)67-64-61-58-55-52-49-46-43-30-27-24-21-18-15-12-9-6-3)81-75(78)69-66-63-60-57-54-51-48-45-42-40-38-36-34-32-29-26-23-20-17-14-11-8-5-2/h72H,4-71H2,1-3H3. The van der Waals surface area contributed by atoms with Crippen molar-refractivity contribution in [3.05, 3.63) is 0 Å². The molecule has 0 aromatic heterocycles. The minimum absolute atomic E-state index is 0.0598. The van der Waals surface area contributed by atoms with Gasteiger partial charge in [0.15, 0.2) is 6.10 Å². The predicted octanol–water partition coefficient (Wildman–Crippen LogP) is 25.8. The van der Waals surface area contributed by atoms with Crippen molar-refractivity contribution in [2.75, 3.05) is 13.2 Å². The summed E-state index contributed by atoms with van der Waals surface area (Å²) >= 11 is 0. The van der Waals surface area contributed by atoms with Gasteiger partial charge in [-0.1, -0.05) is 406 Å². The third kappa shape index (κ3) is 69.1. The third-order valence-corrected chi connectivity index (χ3v) is 17.6. The highest BCUT2D eigenvalue weighted by Gasteiger charge is 2.20. The number of unbranched alkanes of at least 4 members (excludes halogenated alkanes) is 60. The quantitative estimate of drug-likeness (QED) is 0.0343. The molecule has 0 aromatic rings. The second-order valence-corrected chi connectivity index (χ2v) is 25.9. The van der Waals surface area contributed by atoms with Gasteiger partial charge >= 0.3 is 17.9 Å². The summed E-state index contributed by atoms with van der Waals surface area (Å²) in [6.45, 7) is 6.76. The molecule has 6 heteroatoms. The average Bonchev–Trinajstić information content (AvgIpc) is 3.47. The maximum Gasteiger partial charge on any atom is 0.306 e. The zero-order valence-corrected chi connectivity index (χ0v) is 55.6. The Morgan fingerprint density at radius 1 is 0.198 bits per heavy atom. The number of ether oxygens (including phenoxy) is 3. The van der Waals surface area contributed by atoms with Crippen LogP contribution in [0.25, 0.3) is 0 Å². The van der Waals surface area contributed by atoms with Gasteiger partial charge in [-0.3, -0.25) is 14.4 Å². The fourth-order valence-corrected chi connectivity index (χ4v) is 12.0. The van der Waals surface area contributed by atoms with E-state index < -0.39 is 6.10 Å². The van der Waals surface area contributed by atoms with E-state index in [1.165, 1.54) is 347 Å². The first-order chi connectivity index (χ1) is 40.0. The van der Waals surface area contributed by atoms with Crippen LogP contribution in [0.5, 0.6) is 0 Å². The highest BCUT2D eigenvalue weighted by Crippen LogP contribution is 2.20. The second kappa shape index (κ2) is 70.9. The Morgan fingerprint density at radius 2 is 0.333 bits per heavy atom. The van der Waals surface area contributed by atoms with E-state index in [2.05, 4.69) is 20.8 Å². The molecule has 0 aliphatic heterocycles. The van der Waals surface area contributed by atoms with Crippen LogP contribution >= 0.6 is 0 Å². The van der Waals surface area contributed by atoms with Crippen LogP contribution in [0.15, 0.2) is 0 Å². The van der Waals surface area contributed by atoms with Crippen LogP contribution < -0.4 is 0 Å². The maximum absolute atomic E-state index is 13.0. The van der Waals surface area contributed by atoms with Crippen LogP contribution in [0.2, 0.25) is 0 Å². The highest BCUT2D eigenvalue weighted by atomic mass is 16.6. The zero-order valence-electron chi connectivity index (χ0n) is 55.6. The lowest BCUT2D eigenvalue weighted by atomic mass is 10.0. The van der Waals surface area contributed by atoms with E-state index in [1.54, 1.807) is 0 Å². The van der Waals surface area contributed by atoms with Crippen molar-refractivity contribution in [2.45, 2.75) is 451 Å². The molecule has 0 fully saturated rings. The van der Waals surface area contributed by atoms with Crippen LogP contribution in [0.1, 0.15) is 445 Å². The van der Waals surface area contributed by atoms with Crippen LogP contribution in [0.4, 0.5) is 0 Å². The van der Waals surface area contributed by atoms with Gasteiger partial charge < -0.3 is 14.2 Å². The maximum atomic E-state index is 13.0. The molecule has 0 heterocycles. The molecule has 0 aliphatic carbocycles. The van der Waals surface area contributed by atoms with Gasteiger partial charge in [-0.15, -0.1) is 0 Å². The van der Waals surface area contributed by atoms with Gasteiger partial charge in [-0.05, 0) is 19.3 Å². The van der Waals surface area contributed by atoms with Crippen LogP contribution in [-0.2, 0) is 28.6 Å². The molecule has 0 N–H and O–H groups in total. The van der Waals surface area contributed by atoms with E-state index in [9.17, 15) is 14.4 Å². The van der Waals surface area contributed by atoms with E-state index in [0.717, 1.165) is 57.8 Å². The summed E-state index contributed by atoms with van der Waals surface area (Å²) in [5.41, 5.74) is 0. The lowest BCUT2D eigenvalue weighted by Crippen LogP contribution is -2.30. The van der Waals surface area contributed by atoms with E-state index >= 15 is 0 Å². The Bertz CT molecular complexity index is 1220. The molecule has 482 valence electrons. The van der Waals surface area contributed by atoms with Gasteiger partial charge in [0.25, 0.3) is 0 Å². The van der Waals surface area contributed by atoms with Gasteiger partial charge in [0.1, 0.15) is 13.2 Å². The van der Waals surface area contributed by atoms with Crippen molar-refractivity contribution in [3.8, 4) is 0 Å². The van der Waals surface area contributed by atoms with Crippen molar-refractivity contribution < 1.29 is 28.6 Å². The molecule has 0 amide bonds. The number of hydrogen-bond acceptors (Lipinski definition) is 6. The lowest BCUT2D eigenvalue weighted by Gasteiger charge is -2.18. The molecule has 81 heavy (non-hydrogen) atoms. The van der Waals surface area contributed by atoms with Crippen molar-refractivity contribution >= 4 is 17.9 Å². The summed E-state index contributed by atoms with van der Waals surface area (Å²) in [5.74, 6) is -0.814. The van der Waals surface area contributed by atoms with Crippen LogP contribution in [0.3, 0.4) is 0 Å². The molecule has 1 unspecified atom stereocenters. The summed E-state index contributed by atoms with van der Waals surface area (Å²) < 4.78 is 17.1. The largest absolute Gasteiger partial charge is 0.462 e. The van der Waals surface area contributed by atoms with Crippen molar-refractivity contribution in [3.63, 3.8) is 0 Å². The van der Waals surface area contributed by atoms with E-state index in [0.29, 0.717) is 19.3 Å². The molecule has 0 saturated heterocycles. The van der Waals surface area contributed by atoms with Crippen molar-refractivity contribution in [1.82, 2.24) is 0 Å². The Morgan fingerprint density at radius 3 is 0.494 bits per heavy atom. The first kappa shape index (κ1) is 79.4.